The normalized spacial score (nSPS) is 21.2. The molecule has 0 spiro atoms. The summed E-state index contributed by atoms with van der Waals surface area (Å²) in [5, 5.41) is 0. The zero-order valence-electron chi connectivity index (χ0n) is 13.9. The lowest BCUT2D eigenvalue weighted by Gasteiger charge is -2.38. The Labute approximate surface area is 140 Å². The van der Waals surface area contributed by atoms with Crippen LogP contribution >= 0.6 is 12.4 Å². The Morgan fingerprint density at radius 2 is 1.95 bits per heavy atom. The molecule has 2 rings (SSSR count). The lowest BCUT2D eigenvalue weighted by atomic mass is 9.88. The maximum Gasteiger partial charge on any atom is 0.162 e. The molecule has 4 nitrogen and oxygen atoms in total. The topological polar surface area (TPSA) is 47.7 Å². The van der Waals surface area contributed by atoms with Crippen LogP contribution < -0.4 is 20.1 Å². The van der Waals surface area contributed by atoms with Crippen molar-refractivity contribution >= 4 is 18.1 Å². The standard InChI is InChI=1S/C17H28N2O2.ClH/c1-4-5-6-13-12-19(10-9-15(13)18)14-7-8-16(20-2)17(11-14)21-3;/h7-8,11,13,15H,4-6,9-10,12,18H2,1-3H3;1H/t13-,15+;/m1./s1. The van der Waals surface area contributed by atoms with Crippen LogP contribution in [0.1, 0.15) is 32.6 Å². The summed E-state index contributed by atoms with van der Waals surface area (Å²) in [5.41, 5.74) is 7.49. The minimum atomic E-state index is 0. The highest BCUT2D eigenvalue weighted by molar-refractivity contribution is 5.85. The van der Waals surface area contributed by atoms with Gasteiger partial charge in [-0.25, -0.2) is 0 Å². The molecule has 1 heterocycles. The van der Waals surface area contributed by atoms with Crippen molar-refractivity contribution in [2.24, 2.45) is 11.7 Å². The van der Waals surface area contributed by atoms with Gasteiger partial charge in [0.2, 0.25) is 0 Å². The molecule has 0 unspecified atom stereocenters. The van der Waals surface area contributed by atoms with E-state index in [0.717, 1.165) is 31.0 Å². The van der Waals surface area contributed by atoms with E-state index in [2.05, 4.69) is 24.0 Å². The van der Waals surface area contributed by atoms with Gasteiger partial charge in [0.05, 0.1) is 14.2 Å². The van der Waals surface area contributed by atoms with Crippen LogP contribution in [0.5, 0.6) is 11.5 Å². The van der Waals surface area contributed by atoms with Gasteiger partial charge in [0, 0.05) is 30.9 Å². The Kier molecular flexibility index (Phi) is 7.83. The molecular weight excluding hydrogens is 300 g/mol. The maximum atomic E-state index is 6.29. The van der Waals surface area contributed by atoms with Crippen LogP contribution in [0.15, 0.2) is 18.2 Å². The van der Waals surface area contributed by atoms with Crippen molar-refractivity contribution in [3.05, 3.63) is 18.2 Å². The van der Waals surface area contributed by atoms with Crippen molar-refractivity contribution in [1.29, 1.82) is 0 Å². The Balaban J connectivity index is 0.00000242. The number of hydrogen-bond acceptors (Lipinski definition) is 4. The second kappa shape index (κ2) is 9.11. The summed E-state index contributed by atoms with van der Waals surface area (Å²) in [6, 6.07) is 6.48. The summed E-state index contributed by atoms with van der Waals surface area (Å²) in [5.74, 6) is 2.15. The van der Waals surface area contributed by atoms with Gasteiger partial charge >= 0.3 is 0 Å². The largest absolute Gasteiger partial charge is 0.493 e. The van der Waals surface area contributed by atoms with E-state index in [-0.39, 0.29) is 12.4 Å². The van der Waals surface area contributed by atoms with E-state index in [1.807, 2.05) is 6.07 Å². The van der Waals surface area contributed by atoms with Crippen molar-refractivity contribution in [3.8, 4) is 11.5 Å². The van der Waals surface area contributed by atoms with Crippen LogP contribution in [0.4, 0.5) is 5.69 Å². The van der Waals surface area contributed by atoms with Gasteiger partial charge < -0.3 is 20.1 Å². The van der Waals surface area contributed by atoms with E-state index in [9.17, 15) is 0 Å². The van der Waals surface area contributed by atoms with Crippen LogP contribution in [0.2, 0.25) is 0 Å². The van der Waals surface area contributed by atoms with E-state index in [0.29, 0.717) is 12.0 Å². The first-order valence-corrected chi connectivity index (χ1v) is 7.92. The predicted octanol–water partition coefficient (Wildman–Crippen LogP) is 3.47. The average molecular weight is 329 g/mol. The first-order valence-electron chi connectivity index (χ1n) is 7.92. The molecule has 22 heavy (non-hydrogen) atoms. The molecule has 1 aliphatic rings. The van der Waals surface area contributed by atoms with Crippen molar-refractivity contribution in [2.75, 3.05) is 32.2 Å². The smallest absolute Gasteiger partial charge is 0.162 e. The van der Waals surface area contributed by atoms with Crippen LogP contribution in [0, 0.1) is 5.92 Å². The molecule has 1 aliphatic heterocycles. The van der Waals surface area contributed by atoms with E-state index in [1.54, 1.807) is 14.2 Å². The maximum absolute atomic E-state index is 6.29. The van der Waals surface area contributed by atoms with E-state index < -0.39 is 0 Å². The number of halogens is 1. The Morgan fingerprint density at radius 1 is 1.23 bits per heavy atom. The summed E-state index contributed by atoms with van der Waals surface area (Å²) >= 11 is 0. The Morgan fingerprint density at radius 3 is 2.59 bits per heavy atom. The zero-order valence-corrected chi connectivity index (χ0v) is 14.7. The lowest BCUT2D eigenvalue weighted by Crippen LogP contribution is -2.47. The fraction of sp³-hybridized carbons (Fsp3) is 0.647. The molecule has 1 saturated heterocycles. The number of hydrogen-bond donors (Lipinski definition) is 1. The van der Waals surface area contributed by atoms with Crippen molar-refractivity contribution in [2.45, 2.75) is 38.6 Å². The second-order valence-corrected chi connectivity index (χ2v) is 5.84. The molecule has 1 fully saturated rings. The van der Waals surface area contributed by atoms with Crippen LogP contribution in [-0.4, -0.2) is 33.4 Å². The van der Waals surface area contributed by atoms with Gasteiger partial charge in [0.15, 0.2) is 11.5 Å². The molecule has 0 amide bonds. The molecule has 1 aromatic rings. The summed E-state index contributed by atoms with van der Waals surface area (Å²) in [4.78, 5) is 2.42. The Bertz CT molecular complexity index is 456. The number of anilines is 1. The number of ether oxygens (including phenoxy) is 2. The molecule has 0 aromatic heterocycles. The van der Waals surface area contributed by atoms with Crippen LogP contribution in [0.3, 0.4) is 0 Å². The molecule has 0 bridgehead atoms. The van der Waals surface area contributed by atoms with Crippen LogP contribution in [0.25, 0.3) is 0 Å². The highest BCUT2D eigenvalue weighted by atomic mass is 35.5. The van der Waals surface area contributed by atoms with Gasteiger partial charge in [0.25, 0.3) is 0 Å². The fourth-order valence-electron chi connectivity index (χ4n) is 3.08. The molecule has 0 aliphatic carbocycles. The average Bonchev–Trinajstić information content (AvgIpc) is 2.53. The van der Waals surface area contributed by atoms with Gasteiger partial charge in [0.1, 0.15) is 0 Å². The van der Waals surface area contributed by atoms with Crippen molar-refractivity contribution in [3.63, 3.8) is 0 Å². The van der Waals surface area contributed by atoms with Gasteiger partial charge in [-0.05, 0) is 30.9 Å². The second-order valence-electron chi connectivity index (χ2n) is 5.84. The van der Waals surface area contributed by atoms with Crippen molar-refractivity contribution < 1.29 is 9.47 Å². The molecule has 2 atom stereocenters. The minimum absolute atomic E-state index is 0. The molecule has 0 saturated carbocycles. The quantitative estimate of drug-likeness (QED) is 0.868. The van der Waals surface area contributed by atoms with Gasteiger partial charge in [-0.1, -0.05) is 19.8 Å². The third-order valence-electron chi connectivity index (χ3n) is 4.45. The monoisotopic (exact) mass is 328 g/mol. The summed E-state index contributed by atoms with van der Waals surface area (Å²) < 4.78 is 10.7. The number of methoxy groups -OCH3 is 2. The van der Waals surface area contributed by atoms with Crippen LogP contribution in [-0.2, 0) is 0 Å². The third-order valence-corrected chi connectivity index (χ3v) is 4.45. The van der Waals surface area contributed by atoms with E-state index in [1.165, 1.54) is 24.9 Å². The number of nitrogens with zero attached hydrogens (tertiary/aromatic N) is 1. The first kappa shape index (κ1) is 18.9. The SMILES string of the molecule is CCCC[C@@H]1CN(c2ccc(OC)c(OC)c2)CC[C@@H]1N.Cl. The number of benzene rings is 1. The minimum Gasteiger partial charge on any atom is -0.493 e. The number of rotatable bonds is 6. The number of unbranched alkanes of at least 4 members (excludes halogenated alkanes) is 1. The highest BCUT2D eigenvalue weighted by Gasteiger charge is 2.26. The summed E-state index contributed by atoms with van der Waals surface area (Å²) in [6.45, 7) is 4.29. The van der Waals surface area contributed by atoms with Gasteiger partial charge in [-0.2, -0.15) is 0 Å². The fourth-order valence-corrected chi connectivity index (χ4v) is 3.08. The highest BCUT2D eigenvalue weighted by Crippen LogP contribution is 2.33. The first-order chi connectivity index (χ1) is 10.2. The Hall–Kier alpha value is -1.13. The van der Waals surface area contributed by atoms with Crippen molar-refractivity contribution in [1.82, 2.24) is 0 Å². The van der Waals surface area contributed by atoms with Gasteiger partial charge in [-0.3, -0.25) is 0 Å². The number of piperidine rings is 1. The molecular formula is C17H29ClN2O2. The molecule has 0 radical (unpaired) electrons. The molecule has 126 valence electrons. The van der Waals surface area contributed by atoms with E-state index >= 15 is 0 Å². The third kappa shape index (κ3) is 4.43. The summed E-state index contributed by atoms with van der Waals surface area (Å²) in [6.07, 6.45) is 4.78. The zero-order chi connectivity index (χ0) is 15.2. The lowest BCUT2D eigenvalue weighted by molar-refractivity contribution is 0.329. The predicted molar refractivity (Wildman–Crippen MR) is 94.6 cm³/mol. The number of nitrogens with two attached hydrogens (primary N) is 1. The summed E-state index contributed by atoms with van der Waals surface area (Å²) in [7, 11) is 3.34. The van der Waals surface area contributed by atoms with E-state index in [4.69, 9.17) is 15.2 Å². The molecule has 5 heteroatoms. The molecule has 1 aromatic carbocycles. The van der Waals surface area contributed by atoms with Gasteiger partial charge in [-0.15, -0.1) is 12.4 Å². The molecule has 2 N–H and O–H groups in total.